The van der Waals surface area contributed by atoms with Gasteiger partial charge in [0.2, 0.25) is 0 Å². The molecule has 76 valence electrons. The molecule has 0 aliphatic heterocycles. The maximum absolute atomic E-state index is 5.80. The third-order valence-corrected chi connectivity index (χ3v) is 2.37. The number of nitrogens with one attached hydrogen (secondary N) is 1. The van der Waals surface area contributed by atoms with Crippen molar-refractivity contribution in [2.45, 2.75) is 13.3 Å². The van der Waals surface area contributed by atoms with Gasteiger partial charge in [-0.1, -0.05) is 28.1 Å². The minimum absolute atomic E-state index is 0.786. The normalized spacial score (nSPS) is 10.7. The van der Waals surface area contributed by atoms with Crippen LogP contribution in [-0.2, 0) is 0 Å². The van der Waals surface area contributed by atoms with E-state index in [0.29, 0.717) is 0 Å². The summed E-state index contributed by atoms with van der Waals surface area (Å²) in [6.45, 7) is 2.93. The number of hydrogen-bond acceptors (Lipinski definition) is 2. The molecule has 0 atom stereocenters. The minimum atomic E-state index is 0.786. The van der Waals surface area contributed by atoms with E-state index < -0.39 is 0 Å². The van der Waals surface area contributed by atoms with Crippen molar-refractivity contribution in [3.8, 4) is 0 Å². The van der Waals surface area contributed by atoms with Crippen LogP contribution in [0.4, 0.5) is 11.4 Å². The molecule has 0 radical (unpaired) electrons. The summed E-state index contributed by atoms with van der Waals surface area (Å²) < 4.78 is 1.04. The molecular formula is C11H15BrN2. The van der Waals surface area contributed by atoms with Gasteiger partial charge in [-0.15, -0.1) is 0 Å². The zero-order chi connectivity index (χ0) is 10.4. The van der Waals surface area contributed by atoms with Crippen molar-refractivity contribution in [3.05, 3.63) is 34.8 Å². The van der Waals surface area contributed by atoms with E-state index in [2.05, 4.69) is 27.3 Å². The Morgan fingerprint density at radius 1 is 1.50 bits per heavy atom. The highest BCUT2D eigenvalue weighted by Gasteiger charge is 1.97. The Balaban J connectivity index is 2.53. The molecule has 0 spiro atoms. The van der Waals surface area contributed by atoms with Crippen LogP contribution in [0.5, 0.6) is 0 Å². The lowest BCUT2D eigenvalue weighted by Gasteiger charge is -2.08. The molecule has 0 unspecified atom stereocenters. The van der Waals surface area contributed by atoms with Gasteiger partial charge in [0.05, 0.1) is 11.4 Å². The molecule has 1 aromatic carbocycles. The van der Waals surface area contributed by atoms with Gasteiger partial charge >= 0.3 is 0 Å². The first kappa shape index (κ1) is 11.1. The maximum Gasteiger partial charge on any atom is 0.0585 e. The van der Waals surface area contributed by atoms with Crippen LogP contribution >= 0.6 is 15.9 Å². The number of nitrogen functional groups attached to an aromatic ring is 1. The molecular weight excluding hydrogens is 240 g/mol. The average molecular weight is 255 g/mol. The molecule has 14 heavy (non-hydrogen) atoms. The fourth-order valence-electron chi connectivity index (χ4n) is 1.14. The molecule has 3 N–H and O–H groups in total. The lowest BCUT2D eigenvalue weighted by molar-refractivity contribution is 1.06. The highest BCUT2D eigenvalue weighted by molar-refractivity contribution is 9.10. The molecule has 1 aromatic rings. The summed E-state index contributed by atoms with van der Waals surface area (Å²) in [5, 5.41) is 3.28. The topological polar surface area (TPSA) is 38.0 Å². The minimum Gasteiger partial charge on any atom is -0.397 e. The van der Waals surface area contributed by atoms with E-state index in [9.17, 15) is 0 Å². The standard InChI is InChI=1S/C11H15BrN2/c1-2-3-4-7-14-11-8-9(12)5-6-10(11)13/h2-3,5-6,8,14H,4,7,13H2,1H3/b3-2+. The smallest absolute Gasteiger partial charge is 0.0585 e. The Labute approximate surface area is 93.3 Å². The van der Waals surface area contributed by atoms with Gasteiger partial charge in [-0.3, -0.25) is 0 Å². The summed E-state index contributed by atoms with van der Waals surface area (Å²) >= 11 is 3.41. The highest BCUT2D eigenvalue weighted by Crippen LogP contribution is 2.22. The predicted octanol–water partition coefficient (Wildman–Crippen LogP) is 3.41. The second-order valence-electron chi connectivity index (χ2n) is 3.02. The van der Waals surface area contributed by atoms with Crippen molar-refractivity contribution in [1.29, 1.82) is 0 Å². The molecule has 0 aliphatic rings. The zero-order valence-corrected chi connectivity index (χ0v) is 9.84. The summed E-state index contributed by atoms with van der Waals surface area (Å²) in [6.07, 6.45) is 5.19. The second-order valence-corrected chi connectivity index (χ2v) is 3.93. The molecule has 0 heterocycles. The van der Waals surface area contributed by atoms with Gasteiger partial charge in [-0.2, -0.15) is 0 Å². The summed E-state index contributed by atoms with van der Waals surface area (Å²) in [4.78, 5) is 0. The van der Waals surface area contributed by atoms with Crippen LogP contribution in [-0.4, -0.2) is 6.54 Å². The van der Waals surface area contributed by atoms with Crippen molar-refractivity contribution in [2.75, 3.05) is 17.6 Å². The van der Waals surface area contributed by atoms with Crippen molar-refractivity contribution >= 4 is 27.3 Å². The van der Waals surface area contributed by atoms with Crippen molar-refractivity contribution in [1.82, 2.24) is 0 Å². The largest absolute Gasteiger partial charge is 0.397 e. The molecule has 0 saturated heterocycles. The fraction of sp³-hybridized carbons (Fsp3) is 0.273. The van der Waals surface area contributed by atoms with Crippen LogP contribution in [0.1, 0.15) is 13.3 Å². The molecule has 0 amide bonds. The number of benzene rings is 1. The second kappa shape index (κ2) is 5.70. The molecule has 1 rings (SSSR count). The Hall–Kier alpha value is -0.960. The Morgan fingerprint density at radius 3 is 3.00 bits per heavy atom. The van der Waals surface area contributed by atoms with Crippen LogP contribution in [0.15, 0.2) is 34.8 Å². The zero-order valence-electron chi connectivity index (χ0n) is 8.26. The molecule has 0 aliphatic carbocycles. The molecule has 0 bridgehead atoms. The highest BCUT2D eigenvalue weighted by atomic mass is 79.9. The van der Waals surface area contributed by atoms with Crippen molar-refractivity contribution in [3.63, 3.8) is 0 Å². The molecule has 3 heteroatoms. The monoisotopic (exact) mass is 254 g/mol. The van der Waals surface area contributed by atoms with Gasteiger partial charge in [0.15, 0.2) is 0 Å². The summed E-state index contributed by atoms with van der Waals surface area (Å²) in [7, 11) is 0. The van der Waals surface area contributed by atoms with Gasteiger partial charge in [0.1, 0.15) is 0 Å². The Bertz CT molecular complexity index is 321. The SMILES string of the molecule is C/C=C/CCNc1cc(Br)ccc1N. The predicted molar refractivity (Wildman–Crippen MR) is 66.5 cm³/mol. The lowest BCUT2D eigenvalue weighted by Crippen LogP contribution is -2.03. The van der Waals surface area contributed by atoms with Crippen LogP contribution in [0.3, 0.4) is 0 Å². The van der Waals surface area contributed by atoms with E-state index in [1.807, 2.05) is 31.2 Å². The number of nitrogens with two attached hydrogens (primary N) is 1. The Morgan fingerprint density at radius 2 is 2.29 bits per heavy atom. The van der Waals surface area contributed by atoms with Crippen LogP contribution in [0, 0.1) is 0 Å². The molecule has 0 aromatic heterocycles. The number of anilines is 2. The fourth-order valence-corrected chi connectivity index (χ4v) is 1.50. The van der Waals surface area contributed by atoms with E-state index in [4.69, 9.17) is 5.73 Å². The summed E-state index contributed by atoms with van der Waals surface area (Å²) in [5.74, 6) is 0. The van der Waals surface area contributed by atoms with Gasteiger partial charge in [-0.05, 0) is 31.5 Å². The van der Waals surface area contributed by atoms with E-state index in [1.54, 1.807) is 0 Å². The third-order valence-electron chi connectivity index (χ3n) is 1.88. The first-order chi connectivity index (χ1) is 6.74. The van der Waals surface area contributed by atoms with Gasteiger partial charge in [0, 0.05) is 11.0 Å². The number of rotatable bonds is 4. The van der Waals surface area contributed by atoms with Crippen molar-refractivity contribution < 1.29 is 0 Å². The first-order valence-corrected chi connectivity index (χ1v) is 5.43. The third kappa shape index (κ3) is 3.42. The van der Waals surface area contributed by atoms with Crippen LogP contribution in [0.25, 0.3) is 0 Å². The molecule has 0 saturated carbocycles. The summed E-state index contributed by atoms with van der Waals surface area (Å²) in [5.41, 5.74) is 7.58. The average Bonchev–Trinajstić information content (AvgIpc) is 2.18. The molecule has 0 fully saturated rings. The van der Waals surface area contributed by atoms with E-state index in [1.165, 1.54) is 0 Å². The van der Waals surface area contributed by atoms with Gasteiger partial charge < -0.3 is 11.1 Å². The van der Waals surface area contributed by atoms with Gasteiger partial charge in [0.25, 0.3) is 0 Å². The number of halogens is 1. The van der Waals surface area contributed by atoms with E-state index in [0.717, 1.165) is 28.8 Å². The van der Waals surface area contributed by atoms with Crippen LogP contribution < -0.4 is 11.1 Å². The maximum atomic E-state index is 5.80. The van der Waals surface area contributed by atoms with Crippen molar-refractivity contribution in [2.24, 2.45) is 0 Å². The first-order valence-electron chi connectivity index (χ1n) is 4.64. The quantitative estimate of drug-likeness (QED) is 0.491. The van der Waals surface area contributed by atoms with E-state index >= 15 is 0 Å². The number of hydrogen-bond donors (Lipinski definition) is 2. The summed E-state index contributed by atoms with van der Waals surface area (Å²) in [6, 6.07) is 5.82. The van der Waals surface area contributed by atoms with E-state index in [-0.39, 0.29) is 0 Å². The molecule has 2 nitrogen and oxygen atoms in total. The number of allylic oxidation sites excluding steroid dienone is 1. The lowest BCUT2D eigenvalue weighted by atomic mass is 10.2. The van der Waals surface area contributed by atoms with Gasteiger partial charge in [-0.25, -0.2) is 0 Å². The Kier molecular flexibility index (Phi) is 4.53. The van der Waals surface area contributed by atoms with Crippen LogP contribution in [0.2, 0.25) is 0 Å².